The van der Waals surface area contributed by atoms with Gasteiger partial charge in [0.15, 0.2) is 0 Å². The highest BCUT2D eigenvalue weighted by atomic mass is 16.4. The van der Waals surface area contributed by atoms with Gasteiger partial charge in [-0.25, -0.2) is 4.79 Å². The van der Waals surface area contributed by atoms with E-state index in [0.717, 1.165) is 0 Å². The van der Waals surface area contributed by atoms with Crippen molar-refractivity contribution in [1.29, 1.82) is 0 Å². The molecule has 0 saturated heterocycles. The van der Waals surface area contributed by atoms with Crippen LogP contribution in [0.4, 0.5) is 0 Å². The van der Waals surface area contributed by atoms with E-state index in [1.54, 1.807) is 0 Å². The van der Waals surface area contributed by atoms with Crippen LogP contribution in [-0.2, 0) is 14.4 Å². The van der Waals surface area contributed by atoms with Crippen molar-refractivity contribution in [3.8, 4) is 12.3 Å². The highest BCUT2D eigenvalue weighted by Gasteiger charge is 2.22. The lowest BCUT2D eigenvalue weighted by Gasteiger charge is -2.11. The molecule has 0 bridgehead atoms. The summed E-state index contributed by atoms with van der Waals surface area (Å²) in [6, 6.07) is -1.41. The van der Waals surface area contributed by atoms with Gasteiger partial charge in [0.25, 0.3) is 0 Å². The Balaban J connectivity index is 4.17. The topological polar surface area (TPSA) is 104 Å². The summed E-state index contributed by atoms with van der Waals surface area (Å²) in [4.78, 5) is 31.8. The fourth-order valence-corrected chi connectivity index (χ4v) is 0.827. The van der Waals surface area contributed by atoms with Gasteiger partial charge < -0.3 is 15.5 Å². The fourth-order valence-electron chi connectivity index (χ4n) is 0.827. The van der Waals surface area contributed by atoms with Gasteiger partial charge in [0, 0.05) is 12.8 Å². The van der Waals surface area contributed by atoms with E-state index in [0.29, 0.717) is 0 Å². The van der Waals surface area contributed by atoms with Crippen molar-refractivity contribution in [2.75, 3.05) is 0 Å². The second-order valence-corrected chi connectivity index (χ2v) is 2.76. The van der Waals surface area contributed by atoms with Gasteiger partial charge in [-0.15, -0.1) is 12.3 Å². The summed E-state index contributed by atoms with van der Waals surface area (Å²) in [7, 11) is 0. The Morgan fingerprint density at radius 2 is 1.93 bits per heavy atom. The molecule has 0 aliphatic rings. The van der Waals surface area contributed by atoms with Gasteiger partial charge in [0.2, 0.25) is 5.91 Å². The normalized spacial score (nSPS) is 11.1. The molecule has 0 rings (SSSR count). The summed E-state index contributed by atoms with van der Waals surface area (Å²) in [5.41, 5.74) is 0. The maximum absolute atomic E-state index is 11.0. The standard InChI is InChI=1S/C9H11NO5/c1-2-3-4-7(11)10-6(9(14)15)5-8(12)13/h1,6H,3-5H2,(H,10,11)(H,12,13)(H,14,15). The lowest BCUT2D eigenvalue weighted by molar-refractivity contribution is -0.147. The average Bonchev–Trinajstić information content (AvgIpc) is 2.12. The van der Waals surface area contributed by atoms with Crippen LogP contribution in [0.2, 0.25) is 0 Å². The molecule has 0 aromatic carbocycles. The molecule has 0 aliphatic heterocycles. The third-order valence-corrected chi connectivity index (χ3v) is 1.51. The second-order valence-electron chi connectivity index (χ2n) is 2.76. The van der Waals surface area contributed by atoms with Crippen molar-refractivity contribution >= 4 is 17.8 Å². The number of aliphatic carboxylic acids is 2. The van der Waals surface area contributed by atoms with Gasteiger partial charge in [0.1, 0.15) is 6.04 Å². The van der Waals surface area contributed by atoms with Crippen LogP contribution in [0.5, 0.6) is 0 Å². The van der Waals surface area contributed by atoms with Crippen molar-refractivity contribution in [1.82, 2.24) is 5.32 Å². The van der Waals surface area contributed by atoms with E-state index in [-0.39, 0.29) is 12.8 Å². The van der Waals surface area contributed by atoms with Crippen LogP contribution in [0.1, 0.15) is 19.3 Å². The Labute approximate surface area is 86.3 Å². The molecule has 82 valence electrons. The summed E-state index contributed by atoms with van der Waals surface area (Å²) in [5.74, 6) is -1.03. The van der Waals surface area contributed by atoms with E-state index in [2.05, 4.69) is 11.2 Å². The molecule has 0 fully saturated rings. The lowest BCUT2D eigenvalue weighted by atomic mass is 10.2. The minimum atomic E-state index is -1.41. The van der Waals surface area contributed by atoms with Crippen LogP contribution in [0.25, 0.3) is 0 Å². The molecular weight excluding hydrogens is 202 g/mol. The number of amides is 1. The quantitative estimate of drug-likeness (QED) is 0.513. The molecule has 1 atom stereocenters. The lowest BCUT2D eigenvalue weighted by Crippen LogP contribution is -2.42. The zero-order valence-electron chi connectivity index (χ0n) is 7.90. The summed E-state index contributed by atoms with van der Waals surface area (Å²) in [6.45, 7) is 0. The summed E-state index contributed by atoms with van der Waals surface area (Å²) < 4.78 is 0. The Morgan fingerprint density at radius 3 is 2.33 bits per heavy atom. The van der Waals surface area contributed by atoms with E-state index >= 15 is 0 Å². The van der Waals surface area contributed by atoms with Crippen LogP contribution in [0.3, 0.4) is 0 Å². The molecule has 6 nitrogen and oxygen atoms in total. The van der Waals surface area contributed by atoms with Crippen molar-refractivity contribution < 1.29 is 24.6 Å². The zero-order chi connectivity index (χ0) is 11.8. The maximum Gasteiger partial charge on any atom is 0.326 e. The third kappa shape index (κ3) is 6.10. The summed E-state index contributed by atoms with van der Waals surface area (Å²) >= 11 is 0. The van der Waals surface area contributed by atoms with Gasteiger partial charge in [0.05, 0.1) is 6.42 Å². The van der Waals surface area contributed by atoms with E-state index in [4.69, 9.17) is 16.6 Å². The molecule has 0 saturated carbocycles. The molecule has 1 amide bonds. The number of hydrogen-bond donors (Lipinski definition) is 3. The van der Waals surface area contributed by atoms with E-state index in [1.807, 2.05) is 0 Å². The molecule has 0 spiro atoms. The van der Waals surface area contributed by atoms with Crippen LogP contribution >= 0.6 is 0 Å². The first-order valence-electron chi connectivity index (χ1n) is 4.14. The SMILES string of the molecule is C#CCCC(=O)NC(CC(=O)O)C(=O)O. The minimum Gasteiger partial charge on any atom is -0.481 e. The Bertz CT molecular complexity index is 304. The van der Waals surface area contributed by atoms with E-state index < -0.39 is 30.3 Å². The highest BCUT2D eigenvalue weighted by Crippen LogP contribution is 1.95. The van der Waals surface area contributed by atoms with Crippen molar-refractivity contribution in [3.63, 3.8) is 0 Å². The molecule has 15 heavy (non-hydrogen) atoms. The average molecular weight is 213 g/mol. The third-order valence-electron chi connectivity index (χ3n) is 1.51. The summed E-state index contributed by atoms with van der Waals surface area (Å²) in [5, 5.41) is 19.0. The Kier molecular flexibility index (Phi) is 5.56. The molecular formula is C9H11NO5. The minimum absolute atomic E-state index is 0.0140. The molecule has 3 N–H and O–H groups in total. The van der Waals surface area contributed by atoms with Gasteiger partial charge in [-0.2, -0.15) is 0 Å². The first-order valence-corrected chi connectivity index (χ1v) is 4.14. The Morgan fingerprint density at radius 1 is 1.33 bits per heavy atom. The van der Waals surface area contributed by atoms with Gasteiger partial charge >= 0.3 is 11.9 Å². The first kappa shape index (κ1) is 13.0. The number of terminal acetylenes is 1. The van der Waals surface area contributed by atoms with Gasteiger partial charge in [-0.3, -0.25) is 9.59 Å². The molecule has 0 radical (unpaired) electrons. The van der Waals surface area contributed by atoms with Crippen molar-refractivity contribution in [2.45, 2.75) is 25.3 Å². The zero-order valence-corrected chi connectivity index (χ0v) is 7.90. The van der Waals surface area contributed by atoms with Gasteiger partial charge in [-0.05, 0) is 0 Å². The number of rotatable bonds is 6. The molecule has 1 unspecified atom stereocenters. The van der Waals surface area contributed by atoms with Crippen LogP contribution in [0.15, 0.2) is 0 Å². The van der Waals surface area contributed by atoms with Crippen molar-refractivity contribution in [3.05, 3.63) is 0 Å². The predicted molar refractivity (Wildman–Crippen MR) is 49.9 cm³/mol. The molecule has 0 aromatic rings. The molecule has 6 heteroatoms. The van der Waals surface area contributed by atoms with Crippen LogP contribution in [0, 0.1) is 12.3 Å². The van der Waals surface area contributed by atoms with Crippen LogP contribution in [-0.4, -0.2) is 34.1 Å². The smallest absolute Gasteiger partial charge is 0.326 e. The maximum atomic E-state index is 11.0. The van der Waals surface area contributed by atoms with E-state index in [9.17, 15) is 14.4 Å². The second kappa shape index (κ2) is 6.43. The largest absolute Gasteiger partial charge is 0.481 e. The number of carboxylic acids is 2. The molecule has 0 aliphatic carbocycles. The van der Waals surface area contributed by atoms with Crippen molar-refractivity contribution in [2.24, 2.45) is 0 Å². The van der Waals surface area contributed by atoms with E-state index in [1.165, 1.54) is 0 Å². The first-order chi connectivity index (χ1) is 6.97. The molecule has 0 aromatic heterocycles. The number of nitrogens with one attached hydrogen (secondary N) is 1. The van der Waals surface area contributed by atoms with Gasteiger partial charge in [-0.1, -0.05) is 0 Å². The fraction of sp³-hybridized carbons (Fsp3) is 0.444. The molecule has 0 heterocycles. The monoisotopic (exact) mass is 213 g/mol. The number of hydrogen-bond acceptors (Lipinski definition) is 3. The number of carbonyl (C=O) groups excluding carboxylic acids is 1. The number of carboxylic acid groups (broad SMARTS) is 2. The highest BCUT2D eigenvalue weighted by molar-refractivity contribution is 5.86. The predicted octanol–water partition coefficient (Wildman–Crippen LogP) is -0.556. The summed E-state index contributed by atoms with van der Waals surface area (Å²) in [6.07, 6.45) is 4.42. The Hall–Kier alpha value is -2.03. The van der Waals surface area contributed by atoms with Crippen LogP contribution < -0.4 is 5.32 Å². The number of carbonyl (C=O) groups is 3.